The summed E-state index contributed by atoms with van der Waals surface area (Å²) in [7, 11) is 0. The zero-order valence-electron chi connectivity index (χ0n) is 12.6. The van der Waals surface area contributed by atoms with Crippen molar-refractivity contribution in [2.24, 2.45) is 5.92 Å². The number of carbonyl (C=O) groups is 1. The lowest BCUT2D eigenvalue weighted by Gasteiger charge is -2.32. The van der Waals surface area contributed by atoms with Crippen molar-refractivity contribution in [1.82, 2.24) is 10.2 Å². The van der Waals surface area contributed by atoms with Gasteiger partial charge in [0, 0.05) is 24.8 Å². The van der Waals surface area contributed by atoms with Crippen LogP contribution in [-0.2, 0) is 4.79 Å². The van der Waals surface area contributed by atoms with Crippen LogP contribution in [0.5, 0.6) is 0 Å². The van der Waals surface area contributed by atoms with Gasteiger partial charge in [0.25, 0.3) is 0 Å². The second-order valence-corrected chi connectivity index (χ2v) is 6.32. The average molecular weight is 287 g/mol. The van der Waals surface area contributed by atoms with Gasteiger partial charge < -0.3 is 10.6 Å². The smallest absolute Gasteiger partial charge is 0.238 e. The highest BCUT2D eigenvalue weighted by Gasteiger charge is 2.24. The maximum absolute atomic E-state index is 12.0. The van der Waals surface area contributed by atoms with Crippen LogP contribution in [0.25, 0.3) is 0 Å². The minimum atomic E-state index is 0.0885. The third-order valence-electron chi connectivity index (χ3n) is 4.40. The number of rotatable bonds is 6. The van der Waals surface area contributed by atoms with Crippen molar-refractivity contribution in [1.29, 1.82) is 0 Å². The third kappa shape index (κ3) is 4.83. The summed E-state index contributed by atoms with van der Waals surface area (Å²) in [5.41, 5.74) is 0.878. The fraction of sp³-hybridized carbons (Fsp3) is 0.588. The second-order valence-electron chi connectivity index (χ2n) is 6.32. The van der Waals surface area contributed by atoms with Crippen LogP contribution in [-0.4, -0.2) is 43.0 Å². The highest BCUT2D eigenvalue weighted by atomic mass is 16.2. The van der Waals surface area contributed by atoms with E-state index >= 15 is 0 Å². The Hall–Kier alpha value is -1.39. The number of amides is 1. The number of carbonyl (C=O) groups excluding carboxylic acids is 1. The van der Waals surface area contributed by atoms with Crippen LogP contribution in [0.1, 0.15) is 25.7 Å². The number of nitrogens with one attached hydrogen (secondary N) is 2. The highest BCUT2D eigenvalue weighted by molar-refractivity contribution is 5.92. The molecular formula is C17H25N3O. The summed E-state index contributed by atoms with van der Waals surface area (Å²) in [4.78, 5) is 14.3. The van der Waals surface area contributed by atoms with Crippen molar-refractivity contribution in [2.45, 2.75) is 31.7 Å². The van der Waals surface area contributed by atoms with Crippen LogP contribution in [0.3, 0.4) is 0 Å². The zero-order chi connectivity index (χ0) is 14.5. The Kier molecular flexibility index (Phi) is 4.88. The van der Waals surface area contributed by atoms with E-state index < -0.39 is 0 Å². The SMILES string of the molecule is O=C(CN1CCC(NCC2CC2)CC1)Nc1ccccc1. The Morgan fingerprint density at radius 2 is 1.81 bits per heavy atom. The third-order valence-corrected chi connectivity index (χ3v) is 4.40. The number of hydrogen-bond acceptors (Lipinski definition) is 3. The molecule has 2 N–H and O–H groups in total. The van der Waals surface area contributed by atoms with Crippen LogP contribution < -0.4 is 10.6 Å². The molecule has 0 unspecified atom stereocenters. The van der Waals surface area contributed by atoms with Crippen molar-refractivity contribution in [3.8, 4) is 0 Å². The van der Waals surface area contributed by atoms with Crippen molar-refractivity contribution >= 4 is 11.6 Å². The Morgan fingerprint density at radius 1 is 1.10 bits per heavy atom. The Balaban J connectivity index is 1.35. The van der Waals surface area contributed by atoms with E-state index in [2.05, 4.69) is 15.5 Å². The quantitative estimate of drug-likeness (QED) is 0.842. The monoisotopic (exact) mass is 287 g/mol. The molecule has 0 atom stereocenters. The van der Waals surface area contributed by atoms with Crippen molar-refractivity contribution < 1.29 is 4.79 Å². The maximum atomic E-state index is 12.0. The van der Waals surface area contributed by atoms with Gasteiger partial charge in [0.15, 0.2) is 0 Å². The van der Waals surface area contributed by atoms with Crippen LogP contribution in [0.4, 0.5) is 5.69 Å². The molecule has 21 heavy (non-hydrogen) atoms. The molecule has 1 aromatic rings. The first-order chi connectivity index (χ1) is 10.3. The van der Waals surface area contributed by atoms with Crippen molar-refractivity contribution in [2.75, 3.05) is 31.5 Å². The van der Waals surface area contributed by atoms with E-state index in [0.717, 1.165) is 37.5 Å². The molecule has 114 valence electrons. The predicted octanol–water partition coefficient (Wildman–Crippen LogP) is 2.09. The first kappa shape index (κ1) is 14.5. The van der Waals surface area contributed by atoms with E-state index in [9.17, 15) is 4.79 Å². The predicted molar refractivity (Wildman–Crippen MR) is 85.3 cm³/mol. The summed E-state index contributed by atoms with van der Waals surface area (Å²) >= 11 is 0. The average Bonchev–Trinajstić information content (AvgIpc) is 3.32. The zero-order valence-corrected chi connectivity index (χ0v) is 12.6. The topological polar surface area (TPSA) is 44.4 Å². The molecule has 0 aromatic heterocycles. The van der Waals surface area contributed by atoms with E-state index in [1.165, 1.54) is 19.4 Å². The minimum Gasteiger partial charge on any atom is -0.325 e. The normalized spacial score (nSPS) is 20.4. The molecule has 1 aliphatic carbocycles. The molecule has 1 aromatic carbocycles. The molecule has 3 rings (SSSR count). The van der Waals surface area contributed by atoms with E-state index in [4.69, 9.17) is 0 Å². The minimum absolute atomic E-state index is 0.0885. The summed E-state index contributed by atoms with van der Waals surface area (Å²) in [5.74, 6) is 1.03. The second kappa shape index (κ2) is 7.05. The summed E-state index contributed by atoms with van der Waals surface area (Å²) in [5, 5.41) is 6.62. The number of hydrogen-bond donors (Lipinski definition) is 2. The van der Waals surface area contributed by atoms with Gasteiger partial charge in [0.2, 0.25) is 5.91 Å². The van der Waals surface area contributed by atoms with Gasteiger partial charge in [-0.25, -0.2) is 0 Å². The molecular weight excluding hydrogens is 262 g/mol. The fourth-order valence-electron chi connectivity index (χ4n) is 2.88. The number of para-hydroxylation sites is 1. The molecule has 4 heteroatoms. The summed E-state index contributed by atoms with van der Waals surface area (Å²) in [6.45, 7) is 3.73. The molecule has 1 aliphatic heterocycles. The fourth-order valence-corrected chi connectivity index (χ4v) is 2.88. The molecule has 1 saturated carbocycles. The molecule has 0 spiro atoms. The largest absolute Gasteiger partial charge is 0.325 e. The lowest BCUT2D eigenvalue weighted by Crippen LogP contribution is -2.45. The molecule has 2 fully saturated rings. The van der Waals surface area contributed by atoms with E-state index in [1.54, 1.807) is 0 Å². The molecule has 1 amide bonds. The van der Waals surface area contributed by atoms with E-state index in [0.29, 0.717) is 12.6 Å². The van der Waals surface area contributed by atoms with Gasteiger partial charge in [-0.2, -0.15) is 0 Å². The number of benzene rings is 1. The van der Waals surface area contributed by atoms with E-state index in [1.807, 2.05) is 30.3 Å². The number of anilines is 1. The van der Waals surface area contributed by atoms with Crippen molar-refractivity contribution in [3.63, 3.8) is 0 Å². The molecule has 1 heterocycles. The van der Waals surface area contributed by atoms with Gasteiger partial charge in [-0.05, 0) is 50.3 Å². The molecule has 4 nitrogen and oxygen atoms in total. The van der Waals surface area contributed by atoms with Crippen molar-refractivity contribution in [3.05, 3.63) is 30.3 Å². The summed E-state index contributed by atoms with van der Waals surface area (Å²) in [6.07, 6.45) is 5.13. The highest BCUT2D eigenvalue weighted by Crippen LogP contribution is 2.28. The molecule has 0 bridgehead atoms. The summed E-state index contributed by atoms with van der Waals surface area (Å²) in [6, 6.07) is 10.3. The van der Waals surface area contributed by atoms with E-state index in [-0.39, 0.29) is 5.91 Å². The van der Waals surface area contributed by atoms with Crippen LogP contribution in [0, 0.1) is 5.92 Å². The Labute approximate surface area is 126 Å². The summed E-state index contributed by atoms with van der Waals surface area (Å²) < 4.78 is 0. The molecule has 1 saturated heterocycles. The van der Waals surface area contributed by atoms with Gasteiger partial charge in [-0.15, -0.1) is 0 Å². The van der Waals surface area contributed by atoms with Gasteiger partial charge in [0.05, 0.1) is 6.54 Å². The van der Waals surface area contributed by atoms with Gasteiger partial charge in [-0.1, -0.05) is 18.2 Å². The number of piperidine rings is 1. The Morgan fingerprint density at radius 3 is 2.48 bits per heavy atom. The molecule has 2 aliphatic rings. The number of nitrogens with zero attached hydrogens (tertiary/aromatic N) is 1. The van der Waals surface area contributed by atoms with Crippen LogP contribution >= 0.6 is 0 Å². The number of likely N-dealkylation sites (tertiary alicyclic amines) is 1. The van der Waals surface area contributed by atoms with Gasteiger partial charge in [-0.3, -0.25) is 9.69 Å². The molecule has 0 radical (unpaired) electrons. The standard InChI is InChI=1S/C17H25N3O/c21-17(19-16-4-2-1-3-5-16)13-20-10-8-15(9-11-20)18-12-14-6-7-14/h1-5,14-15,18H,6-13H2,(H,19,21). The van der Waals surface area contributed by atoms with Gasteiger partial charge in [0.1, 0.15) is 0 Å². The lowest BCUT2D eigenvalue weighted by atomic mass is 10.0. The van der Waals surface area contributed by atoms with Gasteiger partial charge >= 0.3 is 0 Å². The first-order valence-electron chi connectivity index (χ1n) is 8.10. The maximum Gasteiger partial charge on any atom is 0.238 e. The first-order valence-corrected chi connectivity index (χ1v) is 8.10. The lowest BCUT2D eigenvalue weighted by molar-refractivity contribution is -0.117. The van der Waals surface area contributed by atoms with Crippen LogP contribution in [0.2, 0.25) is 0 Å². The van der Waals surface area contributed by atoms with Crippen LogP contribution in [0.15, 0.2) is 30.3 Å². The Bertz CT molecular complexity index is 450.